The summed E-state index contributed by atoms with van der Waals surface area (Å²) in [5, 5.41) is 9.64. The summed E-state index contributed by atoms with van der Waals surface area (Å²) < 4.78 is 30.7. The molecule has 0 aliphatic heterocycles. The molecule has 13 heteroatoms. The van der Waals surface area contributed by atoms with Gasteiger partial charge >= 0.3 is 0 Å². The second kappa shape index (κ2) is 8.26. The number of anilines is 1. The van der Waals surface area contributed by atoms with Gasteiger partial charge in [-0.25, -0.2) is 19.8 Å². The minimum Gasteiger partial charge on any atom is -0.424 e. The molecule has 1 aromatic heterocycles. The van der Waals surface area contributed by atoms with Gasteiger partial charge in [-0.2, -0.15) is 4.98 Å². The van der Waals surface area contributed by atoms with Crippen LogP contribution in [-0.4, -0.2) is 31.5 Å². The van der Waals surface area contributed by atoms with Crippen molar-refractivity contribution in [1.82, 2.24) is 10.5 Å². The third kappa shape index (κ3) is 3.99. The predicted octanol–water partition coefficient (Wildman–Crippen LogP) is -0.141. The summed E-state index contributed by atoms with van der Waals surface area (Å²) in [5.41, 5.74) is 21.8. The molecule has 0 saturated heterocycles. The summed E-state index contributed by atoms with van der Waals surface area (Å²) >= 11 is 0.740. The molecule has 0 unspecified atom stereocenters. The van der Waals surface area contributed by atoms with Crippen molar-refractivity contribution >= 4 is 44.7 Å². The van der Waals surface area contributed by atoms with Gasteiger partial charge in [-0.1, -0.05) is 12.1 Å². The van der Waals surface area contributed by atoms with E-state index >= 15 is 0 Å². The largest absolute Gasteiger partial charge is 0.424 e. The highest BCUT2D eigenvalue weighted by Gasteiger charge is 2.25. The van der Waals surface area contributed by atoms with Crippen molar-refractivity contribution in [2.45, 2.75) is 9.79 Å². The van der Waals surface area contributed by atoms with Crippen molar-refractivity contribution in [1.29, 1.82) is 0 Å². The molecular formula is C16H20N8O3S2. The van der Waals surface area contributed by atoms with E-state index in [2.05, 4.69) is 15.6 Å². The first kappa shape index (κ1) is 20.9. The van der Waals surface area contributed by atoms with Gasteiger partial charge in [-0.05, 0) is 41.3 Å². The number of nitrogens with one attached hydrogen (secondary N) is 1. The zero-order valence-electron chi connectivity index (χ0n) is 15.1. The first-order valence-electron chi connectivity index (χ1n) is 8.24. The van der Waals surface area contributed by atoms with Gasteiger partial charge in [0.2, 0.25) is 0 Å². The predicted molar refractivity (Wildman–Crippen MR) is 113 cm³/mol. The van der Waals surface area contributed by atoms with Crippen molar-refractivity contribution < 1.29 is 12.8 Å². The Kier molecular flexibility index (Phi) is 5.95. The molecule has 0 fully saturated rings. The first-order valence-corrected chi connectivity index (χ1v) is 10.8. The molecule has 1 heterocycles. The molecule has 11 N–H and O–H groups in total. The van der Waals surface area contributed by atoms with E-state index < -0.39 is 9.84 Å². The van der Waals surface area contributed by atoms with E-state index in [1.54, 1.807) is 24.3 Å². The minimum atomic E-state index is -3.69. The second-order valence-corrected chi connectivity index (χ2v) is 8.62. The van der Waals surface area contributed by atoms with Crippen molar-refractivity contribution in [3.63, 3.8) is 0 Å². The number of rotatable bonds is 7. The molecule has 0 aliphatic carbocycles. The monoisotopic (exact) mass is 436 g/mol. The topological polar surface area (TPSA) is 215 Å². The summed E-state index contributed by atoms with van der Waals surface area (Å²) in [6.07, 6.45) is 0. The van der Waals surface area contributed by atoms with Gasteiger partial charge in [-0.15, -0.1) is 5.10 Å². The summed E-state index contributed by atoms with van der Waals surface area (Å²) in [6.45, 7) is -0.0361. The van der Waals surface area contributed by atoms with Crippen LogP contribution in [0, 0.1) is 0 Å². The fourth-order valence-electron chi connectivity index (χ4n) is 2.92. The lowest BCUT2D eigenvalue weighted by molar-refractivity contribution is 0.594. The smallest absolute Gasteiger partial charge is 0.292 e. The number of aromatic nitrogens is 1. The Morgan fingerprint density at radius 1 is 1.28 bits per heavy atom. The van der Waals surface area contributed by atoms with Crippen LogP contribution in [-0.2, 0) is 9.84 Å². The molecule has 0 radical (unpaired) electrons. The number of hydrogen-bond donors (Lipinski definition) is 6. The number of fused-ring (bicyclic) bond motifs is 1. The highest BCUT2D eigenvalue weighted by Crippen LogP contribution is 2.36. The Morgan fingerprint density at radius 3 is 2.69 bits per heavy atom. The number of hydrazone groups is 1. The van der Waals surface area contributed by atoms with Gasteiger partial charge in [0.1, 0.15) is 5.52 Å². The number of sulfone groups is 1. The second-order valence-electron chi connectivity index (χ2n) is 5.90. The number of nitrogens with two attached hydrogens (primary N) is 5. The van der Waals surface area contributed by atoms with Crippen LogP contribution >= 0.6 is 11.9 Å². The minimum absolute atomic E-state index is 0.00867. The number of oxazole rings is 1. The van der Waals surface area contributed by atoms with Crippen molar-refractivity contribution in [3.05, 3.63) is 35.9 Å². The Morgan fingerprint density at radius 2 is 2.03 bits per heavy atom. The molecule has 0 amide bonds. The van der Waals surface area contributed by atoms with Gasteiger partial charge in [-0.3, -0.25) is 5.14 Å². The Hall–Kier alpha value is -2.84. The van der Waals surface area contributed by atoms with E-state index in [1.165, 1.54) is 6.07 Å². The van der Waals surface area contributed by atoms with E-state index in [0.717, 1.165) is 11.9 Å². The highest BCUT2D eigenvalue weighted by atomic mass is 32.2. The van der Waals surface area contributed by atoms with Crippen molar-refractivity contribution in [2.24, 2.45) is 27.6 Å². The average Bonchev–Trinajstić information content (AvgIpc) is 3.05. The van der Waals surface area contributed by atoms with Gasteiger partial charge in [0.05, 0.1) is 15.5 Å². The normalized spacial score (nSPS) is 12.4. The lowest BCUT2D eigenvalue weighted by Gasteiger charge is -2.17. The molecular weight excluding hydrogens is 416 g/mol. The SMILES string of the molecule is NCCS(=O)(=O)c1ccc(-c2ccc3nc(N)oc3c2)c(/C(N)=N/NN)c1SN. The lowest BCUT2D eigenvalue weighted by Crippen LogP contribution is -2.25. The number of benzene rings is 2. The molecule has 11 nitrogen and oxygen atoms in total. The van der Waals surface area contributed by atoms with Crippen molar-refractivity contribution in [2.75, 3.05) is 18.0 Å². The molecule has 154 valence electrons. The molecule has 3 aromatic rings. The number of nitrogens with zero attached hydrogens (tertiary/aromatic N) is 2. The fourth-order valence-corrected chi connectivity index (χ4v) is 5.15. The van der Waals surface area contributed by atoms with E-state index in [9.17, 15) is 8.42 Å². The summed E-state index contributed by atoms with van der Waals surface area (Å²) in [6, 6.07) is 8.30. The molecule has 0 atom stereocenters. The zero-order valence-corrected chi connectivity index (χ0v) is 16.8. The maximum Gasteiger partial charge on any atom is 0.292 e. The Labute approximate surface area is 170 Å². The van der Waals surface area contributed by atoms with Crippen LogP contribution in [0.1, 0.15) is 5.56 Å². The average molecular weight is 437 g/mol. The standard InChI is InChI=1S/C16H20N8O3S2/c17-5-6-29(25,26)12-4-2-9(13(14(12)28-21)15(18)23-24-20)8-1-3-10-11(7-8)27-16(19)22-10/h1-4,7,24H,5-6,17,20-21H2,(H2,18,23)(H2,19,22). The van der Waals surface area contributed by atoms with Crippen LogP contribution in [0.25, 0.3) is 22.2 Å². The molecule has 0 bridgehead atoms. The number of nitrogen functional groups attached to an aromatic ring is 1. The lowest BCUT2D eigenvalue weighted by atomic mass is 9.98. The quantitative estimate of drug-likeness (QED) is 0.0941. The maximum atomic E-state index is 12.7. The van der Waals surface area contributed by atoms with E-state index in [4.69, 9.17) is 32.6 Å². The number of hydrogen-bond acceptors (Lipinski definition) is 11. The van der Waals surface area contributed by atoms with Crippen LogP contribution in [0.3, 0.4) is 0 Å². The van der Waals surface area contributed by atoms with Crippen molar-refractivity contribution in [3.8, 4) is 11.1 Å². The highest BCUT2D eigenvalue weighted by molar-refractivity contribution is 7.98. The van der Waals surface area contributed by atoms with Gasteiger partial charge < -0.3 is 21.6 Å². The third-order valence-electron chi connectivity index (χ3n) is 4.12. The summed E-state index contributed by atoms with van der Waals surface area (Å²) in [7, 11) is -3.69. The third-order valence-corrected chi connectivity index (χ3v) is 6.69. The van der Waals surface area contributed by atoms with Crippen LogP contribution in [0.15, 0.2) is 49.6 Å². The number of amidine groups is 1. The Bertz CT molecular complexity index is 1190. The molecule has 2 aromatic carbocycles. The molecule has 0 aliphatic rings. The van der Waals surface area contributed by atoms with Crippen LogP contribution < -0.4 is 33.7 Å². The molecule has 3 rings (SSSR count). The van der Waals surface area contributed by atoms with Crippen LogP contribution in [0.2, 0.25) is 0 Å². The number of hydrazine groups is 1. The van der Waals surface area contributed by atoms with E-state index in [-0.39, 0.29) is 33.9 Å². The summed E-state index contributed by atoms with van der Waals surface area (Å²) in [4.78, 5) is 4.29. The molecule has 0 spiro atoms. The maximum absolute atomic E-state index is 12.7. The fraction of sp³-hybridized carbons (Fsp3) is 0.125. The van der Waals surface area contributed by atoms with E-state index in [0.29, 0.717) is 27.8 Å². The van der Waals surface area contributed by atoms with Gasteiger partial charge in [0, 0.05) is 12.1 Å². The van der Waals surface area contributed by atoms with Crippen LogP contribution in [0.5, 0.6) is 0 Å². The van der Waals surface area contributed by atoms with E-state index in [1.807, 2.05) is 0 Å². The summed E-state index contributed by atoms with van der Waals surface area (Å²) in [5.74, 6) is 4.98. The Balaban J connectivity index is 2.32. The zero-order chi connectivity index (χ0) is 21.2. The molecule has 0 saturated carbocycles. The van der Waals surface area contributed by atoms with Gasteiger partial charge in [0.15, 0.2) is 21.3 Å². The van der Waals surface area contributed by atoms with Gasteiger partial charge in [0.25, 0.3) is 6.01 Å². The molecule has 29 heavy (non-hydrogen) atoms. The first-order chi connectivity index (χ1) is 13.8. The van der Waals surface area contributed by atoms with Crippen LogP contribution in [0.4, 0.5) is 6.01 Å².